The monoisotopic (exact) mass is 818 g/mol. The molecule has 1 unspecified atom stereocenters. The Hall–Kier alpha value is -8.54. The fourth-order valence-electron chi connectivity index (χ4n) is 9.67. The minimum atomic E-state index is -0.426. The predicted molar refractivity (Wildman–Crippen MR) is 266 cm³/mol. The van der Waals surface area contributed by atoms with Crippen molar-refractivity contribution in [3.8, 4) is 27.9 Å². The van der Waals surface area contributed by atoms with E-state index in [4.69, 9.17) is 14.4 Å². The summed E-state index contributed by atoms with van der Waals surface area (Å²) < 4.78 is 9.32. The van der Waals surface area contributed by atoms with Crippen molar-refractivity contribution in [3.63, 3.8) is 0 Å². The maximum Gasteiger partial charge on any atom is 0.159 e. The zero-order valence-corrected chi connectivity index (χ0v) is 34.6. The fraction of sp³-hybridized carbons (Fsp3) is 0.0169. The Kier molecular flexibility index (Phi) is 8.21. The predicted octanol–water partition coefficient (Wildman–Crippen LogP) is 14.8. The van der Waals surface area contributed by atoms with Crippen LogP contribution in [0.5, 0.6) is 0 Å². The Morgan fingerprint density at radius 1 is 0.422 bits per heavy atom. The third kappa shape index (κ3) is 6.01. The Balaban J connectivity index is 1.06. The average molecular weight is 819 g/mol. The van der Waals surface area contributed by atoms with Gasteiger partial charge in [0.25, 0.3) is 0 Å². The number of para-hydroxylation sites is 1. The fourth-order valence-corrected chi connectivity index (χ4v) is 9.67. The van der Waals surface area contributed by atoms with E-state index in [1.54, 1.807) is 0 Å². The van der Waals surface area contributed by atoms with Crippen molar-refractivity contribution >= 4 is 77.0 Å². The van der Waals surface area contributed by atoms with Gasteiger partial charge in [0.15, 0.2) is 5.84 Å². The molecule has 0 amide bonds. The van der Waals surface area contributed by atoms with Gasteiger partial charge in [-0.25, -0.2) is 9.98 Å². The second kappa shape index (κ2) is 14.5. The van der Waals surface area contributed by atoms with Gasteiger partial charge in [0.1, 0.15) is 23.2 Å². The molecular weight excluding hydrogens is 781 g/mol. The molecule has 1 aliphatic rings. The summed E-state index contributed by atoms with van der Waals surface area (Å²) in [5.74, 6) is 1.38. The summed E-state index contributed by atoms with van der Waals surface area (Å²) in [5, 5.41) is 13.0. The molecule has 1 atom stereocenters. The Morgan fingerprint density at radius 3 is 1.77 bits per heavy atom. The van der Waals surface area contributed by atoms with Crippen LogP contribution in [0.15, 0.2) is 233 Å². The highest BCUT2D eigenvalue weighted by atomic mass is 16.3. The first-order valence-electron chi connectivity index (χ1n) is 21.7. The van der Waals surface area contributed by atoms with Crippen LogP contribution < -0.4 is 5.32 Å². The smallest absolute Gasteiger partial charge is 0.159 e. The van der Waals surface area contributed by atoms with Crippen molar-refractivity contribution in [2.75, 3.05) is 0 Å². The second-order valence-electron chi connectivity index (χ2n) is 16.6. The number of aromatic nitrogens is 1. The molecule has 300 valence electrons. The lowest BCUT2D eigenvalue weighted by Crippen LogP contribution is -2.33. The van der Waals surface area contributed by atoms with Crippen LogP contribution in [0.1, 0.15) is 22.9 Å². The van der Waals surface area contributed by atoms with E-state index in [2.05, 4.69) is 222 Å². The number of nitrogens with one attached hydrogen (secondary N) is 1. The van der Waals surface area contributed by atoms with Crippen LogP contribution in [0.2, 0.25) is 0 Å². The molecule has 0 spiro atoms. The Labute approximate surface area is 368 Å². The maximum absolute atomic E-state index is 6.94. The number of fused-ring (bicyclic) bond motifs is 8. The van der Waals surface area contributed by atoms with Crippen LogP contribution in [0.25, 0.3) is 93.2 Å². The summed E-state index contributed by atoms with van der Waals surface area (Å²) in [6, 6.07) is 77.6. The van der Waals surface area contributed by atoms with Gasteiger partial charge in [0, 0.05) is 38.7 Å². The molecule has 13 rings (SSSR count). The molecule has 3 heterocycles. The Bertz CT molecular complexity index is 3860. The molecule has 10 aromatic carbocycles. The number of hydrogen-bond acceptors (Lipinski definition) is 4. The molecule has 1 aliphatic heterocycles. The summed E-state index contributed by atoms with van der Waals surface area (Å²) in [7, 11) is 0. The number of hydrogen-bond donors (Lipinski definition) is 1. The van der Waals surface area contributed by atoms with Gasteiger partial charge in [-0.2, -0.15) is 0 Å². The lowest BCUT2D eigenvalue weighted by Gasteiger charge is -2.25. The molecule has 5 heteroatoms. The number of amidine groups is 2. The van der Waals surface area contributed by atoms with E-state index < -0.39 is 6.17 Å². The lowest BCUT2D eigenvalue weighted by atomic mass is 9.99. The van der Waals surface area contributed by atoms with Gasteiger partial charge in [-0.3, -0.25) is 0 Å². The number of nitrogens with zero attached hydrogens (tertiary/aromatic N) is 3. The molecule has 0 saturated heterocycles. The minimum absolute atomic E-state index is 0.426. The largest absolute Gasteiger partial charge is 0.456 e. The summed E-state index contributed by atoms with van der Waals surface area (Å²) >= 11 is 0. The van der Waals surface area contributed by atoms with Gasteiger partial charge in [0.2, 0.25) is 0 Å². The van der Waals surface area contributed by atoms with Crippen LogP contribution in [0.3, 0.4) is 0 Å². The Morgan fingerprint density at radius 2 is 1.02 bits per heavy atom. The SMILES string of the molecule is c1ccc(-c2ccc(C3N=C(c4cccc(-c5ccccc5)c4)N=C(c4cc(-n5c6ccccc6c6cc7ccccc7cc65)cc5oc6cc7ccccc7cc6c45)N3)cc2)cc1. The topological polar surface area (TPSA) is 54.8 Å². The molecule has 0 fully saturated rings. The van der Waals surface area contributed by atoms with E-state index in [1.807, 2.05) is 6.07 Å². The van der Waals surface area contributed by atoms with Crippen LogP contribution in [0.4, 0.5) is 0 Å². The van der Waals surface area contributed by atoms with Crippen LogP contribution in [-0.4, -0.2) is 16.2 Å². The first-order valence-corrected chi connectivity index (χ1v) is 21.7. The van der Waals surface area contributed by atoms with Gasteiger partial charge in [-0.15, -0.1) is 0 Å². The van der Waals surface area contributed by atoms with Crippen molar-refractivity contribution in [1.82, 2.24) is 9.88 Å². The van der Waals surface area contributed by atoms with E-state index in [-0.39, 0.29) is 0 Å². The van der Waals surface area contributed by atoms with Crippen molar-refractivity contribution in [2.45, 2.75) is 6.17 Å². The van der Waals surface area contributed by atoms with Crippen LogP contribution >= 0.6 is 0 Å². The van der Waals surface area contributed by atoms with Gasteiger partial charge in [-0.1, -0.05) is 170 Å². The van der Waals surface area contributed by atoms with E-state index in [9.17, 15) is 0 Å². The third-order valence-electron chi connectivity index (χ3n) is 12.8. The number of aliphatic imine (C=N–C) groups is 2. The van der Waals surface area contributed by atoms with Gasteiger partial charge < -0.3 is 14.3 Å². The van der Waals surface area contributed by atoms with Crippen molar-refractivity contribution in [3.05, 3.63) is 235 Å². The molecule has 2 aromatic heterocycles. The molecule has 5 nitrogen and oxygen atoms in total. The highest BCUT2D eigenvalue weighted by molar-refractivity contribution is 6.24. The number of rotatable bonds is 6. The standard InChI is InChI=1S/C59H38N4O/c1-3-14-37(15-4-1)39-26-28-40(29-27-39)57-60-58(46-23-13-22-41(30-46)38-16-5-2-6-17-38)62-59(61-57)51-35-47(36-55-56(51)50-32-43-19-8-10-21-45(43)34-54(50)64-55)63-52-25-12-11-24-48(52)49-31-42-18-7-9-20-44(42)33-53(49)63/h1-36,57H,(H,60,61,62). The first-order chi connectivity index (χ1) is 31.7. The maximum atomic E-state index is 6.94. The molecule has 0 saturated carbocycles. The third-order valence-corrected chi connectivity index (χ3v) is 12.8. The van der Waals surface area contributed by atoms with E-state index in [0.29, 0.717) is 5.84 Å². The molecular formula is C59H38N4O. The van der Waals surface area contributed by atoms with Crippen LogP contribution in [-0.2, 0) is 0 Å². The second-order valence-corrected chi connectivity index (χ2v) is 16.6. The van der Waals surface area contributed by atoms with E-state index in [1.165, 1.54) is 27.1 Å². The van der Waals surface area contributed by atoms with E-state index >= 15 is 0 Å². The molecule has 12 aromatic rings. The molecule has 0 radical (unpaired) electrons. The summed E-state index contributed by atoms with van der Waals surface area (Å²) in [5.41, 5.74) is 12.3. The number of furan rings is 1. The van der Waals surface area contributed by atoms with Gasteiger partial charge in [0.05, 0.1) is 16.7 Å². The molecule has 64 heavy (non-hydrogen) atoms. The van der Waals surface area contributed by atoms with Crippen LogP contribution in [0, 0.1) is 0 Å². The van der Waals surface area contributed by atoms with Crippen molar-refractivity contribution in [2.24, 2.45) is 9.98 Å². The zero-order chi connectivity index (χ0) is 42.1. The zero-order valence-electron chi connectivity index (χ0n) is 34.6. The summed E-state index contributed by atoms with van der Waals surface area (Å²) in [4.78, 5) is 10.9. The lowest BCUT2D eigenvalue weighted by molar-refractivity contribution is 0.668. The molecule has 1 N–H and O–H groups in total. The summed E-state index contributed by atoms with van der Waals surface area (Å²) in [6.45, 7) is 0. The molecule has 0 bridgehead atoms. The number of benzene rings is 10. The van der Waals surface area contributed by atoms with Crippen molar-refractivity contribution in [1.29, 1.82) is 0 Å². The quantitative estimate of drug-likeness (QED) is 0.182. The van der Waals surface area contributed by atoms with E-state index in [0.717, 1.165) is 88.6 Å². The van der Waals surface area contributed by atoms with Gasteiger partial charge in [-0.05, 0) is 91.8 Å². The highest BCUT2D eigenvalue weighted by Gasteiger charge is 2.26. The molecule has 0 aliphatic carbocycles. The minimum Gasteiger partial charge on any atom is -0.456 e. The highest BCUT2D eigenvalue weighted by Crippen LogP contribution is 2.40. The van der Waals surface area contributed by atoms with Gasteiger partial charge >= 0.3 is 0 Å². The first kappa shape index (κ1) is 36.1. The average Bonchev–Trinajstić information content (AvgIpc) is 3.89. The summed E-state index contributed by atoms with van der Waals surface area (Å²) in [6.07, 6.45) is -0.426. The van der Waals surface area contributed by atoms with Crippen molar-refractivity contribution < 1.29 is 4.42 Å². The normalized spacial score (nSPS) is 14.1.